The van der Waals surface area contributed by atoms with Crippen LogP contribution >= 0.6 is 11.8 Å². The summed E-state index contributed by atoms with van der Waals surface area (Å²) in [6.45, 7) is 5.25. The standard InChI is InChI=1S/C25H21F4NO2S/c1-14-12-20(31)30-22(21(32)15-8-5-4-6-9-15)24(2,3)33-23(30)16(14)13-17-18(25(27,28)29)10-7-11-19(17)26/h4-12,22H,13H2,1-3H3. The van der Waals surface area contributed by atoms with Crippen molar-refractivity contribution in [1.29, 1.82) is 0 Å². The van der Waals surface area contributed by atoms with Crippen molar-refractivity contribution in [3.8, 4) is 0 Å². The fourth-order valence-corrected chi connectivity index (χ4v) is 5.79. The van der Waals surface area contributed by atoms with Crippen LogP contribution in [0.25, 0.3) is 0 Å². The molecule has 3 aromatic rings. The van der Waals surface area contributed by atoms with Gasteiger partial charge in [0.05, 0.1) is 10.6 Å². The van der Waals surface area contributed by atoms with Gasteiger partial charge in [-0.1, -0.05) is 48.2 Å². The van der Waals surface area contributed by atoms with Crippen LogP contribution in [0.3, 0.4) is 0 Å². The minimum Gasteiger partial charge on any atom is -0.292 e. The molecular formula is C25H21F4NO2S. The number of aromatic nitrogens is 1. The Labute approximate surface area is 192 Å². The van der Waals surface area contributed by atoms with Crippen molar-refractivity contribution in [2.75, 3.05) is 0 Å². The van der Waals surface area contributed by atoms with Gasteiger partial charge in [-0.3, -0.25) is 14.2 Å². The average Bonchev–Trinajstić information content (AvgIpc) is 3.02. The zero-order valence-corrected chi connectivity index (χ0v) is 19.0. The number of alkyl halides is 3. The lowest BCUT2D eigenvalue weighted by Crippen LogP contribution is -2.37. The molecule has 1 aliphatic rings. The number of ketones is 1. The van der Waals surface area contributed by atoms with Crippen LogP contribution in [0.5, 0.6) is 0 Å². The van der Waals surface area contributed by atoms with Crippen molar-refractivity contribution in [3.63, 3.8) is 0 Å². The molecule has 4 rings (SSSR count). The third-order valence-corrected chi connectivity index (χ3v) is 7.28. The van der Waals surface area contributed by atoms with Crippen LogP contribution in [-0.2, 0) is 12.6 Å². The van der Waals surface area contributed by atoms with E-state index in [1.165, 1.54) is 22.4 Å². The fourth-order valence-electron chi connectivity index (χ4n) is 4.32. The molecule has 0 saturated heterocycles. The first kappa shape index (κ1) is 23.3. The smallest absolute Gasteiger partial charge is 0.292 e. The number of Topliss-reactive ketones (excluding diaryl/α,β-unsaturated/α-hetero) is 1. The Morgan fingerprint density at radius 1 is 1.06 bits per heavy atom. The molecule has 8 heteroatoms. The highest BCUT2D eigenvalue weighted by molar-refractivity contribution is 8.00. The number of nitrogens with zero attached hydrogens (tertiary/aromatic N) is 1. The van der Waals surface area contributed by atoms with Crippen LogP contribution in [0, 0.1) is 12.7 Å². The molecule has 0 radical (unpaired) electrons. The van der Waals surface area contributed by atoms with Gasteiger partial charge in [0.1, 0.15) is 11.9 Å². The van der Waals surface area contributed by atoms with E-state index in [2.05, 4.69) is 0 Å². The van der Waals surface area contributed by atoms with Gasteiger partial charge in [-0.2, -0.15) is 13.2 Å². The number of pyridine rings is 1. The van der Waals surface area contributed by atoms with Crippen molar-refractivity contribution in [1.82, 2.24) is 4.57 Å². The normalized spacial score (nSPS) is 17.1. The molecule has 0 aliphatic carbocycles. The topological polar surface area (TPSA) is 39.1 Å². The molecule has 1 unspecified atom stereocenters. The zero-order valence-electron chi connectivity index (χ0n) is 18.2. The summed E-state index contributed by atoms with van der Waals surface area (Å²) in [5, 5.41) is 0.399. The van der Waals surface area contributed by atoms with E-state index >= 15 is 0 Å². The molecule has 2 aromatic carbocycles. The first-order valence-electron chi connectivity index (χ1n) is 10.3. The second-order valence-corrected chi connectivity index (χ2v) is 10.2. The van der Waals surface area contributed by atoms with E-state index in [0.717, 1.165) is 18.2 Å². The van der Waals surface area contributed by atoms with Crippen molar-refractivity contribution in [3.05, 3.63) is 98.6 Å². The first-order valence-corrected chi connectivity index (χ1v) is 11.1. The molecule has 0 spiro atoms. The Kier molecular flexibility index (Phi) is 5.76. The van der Waals surface area contributed by atoms with Gasteiger partial charge in [-0.15, -0.1) is 0 Å². The lowest BCUT2D eigenvalue weighted by atomic mass is 9.93. The number of carbonyl (C=O) groups excluding carboxylic acids is 1. The van der Waals surface area contributed by atoms with Gasteiger partial charge >= 0.3 is 6.18 Å². The number of hydrogen-bond acceptors (Lipinski definition) is 3. The molecule has 1 atom stereocenters. The van der Waals surface area contributed by atoms with E-state index < -0.39 is 39.5 Å². The summed E-state index contributed by atoms with van der Waals surface area (Å²) in [5.74, 6) is -1.22. The number of fused-ring (bicyclic) bond motifs is 1. The highest BCUT2D eigenvalue weighted by atomic mass is 32.2. The third kappa shape index (κ3) is 4.12. The molecule has 3 nitrogen and oxygen atoms in total. The van der Waals surface area contributed by atoms with Gasteiger partial charge in [0.2, 0.25) is 0 Å². The summed E-state index contributed by atoms with van der Waals surface area (Å²) in [6, 6.07) is 11.9. The van der Waals surface area contributed by atoms with Crippen LogP contribution in [0.4, 0.5) is 17.6 Å². The SMILES string of the molecule is Cc1cc(=O)n2c(c1Cc1c(F)cccc1C(F)(F)F)SC(C)(C)C2C(=O)c1ccccc1. The van der Waals surface area contributed by atoms with Crippen LogP contribution in [0.2, 0.25) is 0 Å². The quantitative estimate of drug-likeness (QED) is 0.333. The molecule has 0 bridgehead atoms. The number of carbonyl (C=O) groups is 1. The van der Waals surface area contributed by atoms with Crippen molar-refractivity contribution in [2.24, 2.45) is 0 Å². The average molecular weight is 476 g/mol. The summed E-state index contributed by atoms with van der Waals surface area (Å²) in [4.78, 5) is 26.4. The van der Waals surface area contributed by atoms with Crippen molar-refractivity contribution >= 4 is 17.5 Å². The molecule has 33 heavy (non-hydrogen) atoms. The van der Waals surface area contributed by atoms with Gasteiger partial charge in [-0.25, -0.2) is 4.39 Å². The first-order chi connectivity index (χ1) is 15.4. The predicted molar refractivity (Wildman–Crippen MR) is 119 cm³/mol. The minimum atomic E-state index is -4.72. The second kappa shape index (κ2) is 8.17. The third-order valence-electron chi connectivity index (χ3n) is 5.89. The largest absolute Gasteiger partial charge is 0.416 e. The highest BCUT2D eigenvalue weighted by Gasteiger charge is 2.46. The highest BCUT2D eigenvalue weighted by Crippen LogP contribution is 2.51. The number of thioether (sulfide) groups is 1. The molecule has 172 valence electrons. The summed E-state index contributed by atoms with van der Waals surface area (Å²) in [5.41, 5.74) is -0.642. The monoisotopic (exact) mass is 475 g/mol. The van der Waals surface area contributed by atoms with Gasteiger partial charge < -0.3 is 0 Å². The van der Waals surface area contributed by atoms with E-state index in [9.17, 15) is 27.2 Å². The van der Waals surface area contributed by atoms with E-state index in [1.807, 2.05) is 13.8 Å². The molecule has 1 aliphatic heterocycles. The minimum absolute atomic E-state index is 0.259. The van der Waals surface area contributed by atoms with Gasteiger partial charge in [-0.05, 0) is 44.0 Å². The summed E-state index contributed by atoms with van der Waals surface area (Å²) < 4.78 is 55.9. The Hall–Kier alpha value is -2.87. The van der Waals surface area contributed by atoms with Gasteiger partial charge in [0.15, 0.2) is 5.78 Å². The molecule has 0 N–H and O–H groups in total. The maximum atomic E-state index is 14.6. The molecule has 0 fully saturated rings. The summed E-state index contributed by atoms with van der Waals surface area (Å²) in [7, 11) is 0. The van der Waals surface area contributed by atoms with E-state index in [4.69, 9.17) is 0 Å². The molecule has 1 aromatic heterocycles. The maximum Gasteiger partial charge on any atom is 0.416 e. The lowest BCUT2D eigenvalue weighted by molar-refractivity contribution is -0.138. The van der Waals surface area contributed by atoms with Crippen LogP contribution in [-0.4, -0.2) is 15.1 Å². The zero-order chi connectivity index (χ0) is 24.1. The molecule has 0 saturated carbocycles. The van der Waals surface area contributed by atoms with E-state index in [0.29, 0.717) is 21.7 Å². The summed E-state index contributed by atoms with van der Waals surface area (Å²) in [6.07, 6.45) is -5.07. The van der Waals surface area contributed by atoms with E-state index in [1.54, 1.807) is 37.3 Å². The second-order valence-electron chi connectivity index (χ2n) is 8.60. The fraction of sp³-hybridized carbons (Fsp3) is 0.280. The number of halogens is 4. The Balaban J connectivity index is 1.89. The molecule has 0 amide bonds. The Morgan fingerprint density at radius 3 is 2.36 bits per heavy atom. The predicted octanol–water partition coefficient (Wildman–Crippen LogP) is 6.21. The van der Waals surface area contributed by atoms with Crippen LogP contribution in [0.1, 0.15) is 52.5 Å². The van der Waals surface area contributed by atoms with Gasteiger partial charge in [0, 0.05) is 28.4 Å². The maximum absolute atomic E-state index is 14.6. The Morgan fingerprint density at radius 2 is 1.73 bits per heavy atom. The van der Waals surface area contributed by atoms with Crippen LogP contribution in [0.15, 0.2) is 64.4 Å². The van der Waals surface area contributed by atoms with Crippen molar-refractivity contribution < 1.29 is 22.4 Å². The van der Waals surface area contributed by atoms with Crippen molar-refractivity contribution in [2.45, 2.75) is 49.2 Å². The van der Waals surface area contributed by atoms with Gasteiger partial charge in [0.25, 0.3) is 5.56 Å². The number of benzene rings is 2. The summed E-state index contributed by atoms with van der Waals surface area (Å²) >= 11 is 1.26. The lowest BCUT2D eigenvalue weighted by Gasteiger charge is -2.25. The van der Waals surface area contributed by atoms with E-state index in [-0.39, 0.29) is 12.2 Å². The number of rotatable bonds is 4. The molecular weight excluding hydrogens is 454 g/mol. The number of hydrogen-bond donors (Lipinski definition) is 0. The molecule has 2 heterocycles. The Bertz CT molecular complexity index is 1300. The number of aryl methyl sites for hydroxylation is 1. The van der Waals surface area contributed by atoms with Crippen LogP contribution < -0.4 is 5.56 Å².